The van der Waals surface area contributed by atoms with Crippen molar-refractivity contribution >= 4 is 34.1 Å². The summed E-state index contributed by atoms with van der Waals surface area (Å²) >= 11 is 0. The Labute approximate surface area is 164 Å². The van der Waals surface area contributed by atoms with Crippen LogP contribution in [0.15, 0.2) is 48.5 Å². The summed E-state index contributed by atoms with van der Waals surface area (Å²) in [5.74, 6) is -0.0252. The summed E-state index contributed by atoms with van der Waals surface area (Å²) in [4.78, 5) is 31.7. The van der Waals surface area contributed by atoms with Crippen LogP contribution in [0.5, 0.6) is 0 Å². The van der Waals surface area contributed by atoms with Gasteiger partial charge in [0, 0.05) is 35.4 Å². The van der Waals surface area contributed by atoms with E-state index < -0.39 is 0 Å². The summed E-state index contributed by atoms with van der Waals surface area (Å²) in [6.07, 6.45) is 2.22. The third-order valence-corrected chi connectivity index (χ3v) is 5.29. The van der Waals surface area contributed by atoms with E-state index in [1.54, 1.807) is 4.90 Å². The summed E-state index contributed by atoms with van der Waals surface area (Å²) < 4.78 is 0. The molecular formula is C23H23N3O2. The first-order chi connectivity index (χ1) is 13.6. The van der Waals surface area contributed by atoms with Gasteiger partial charge in [-0.3, -0.25) is 14.6 Å². The Bertz CT molecular complexity index is 1070. The van der Waals surface area contributed by atoms with Gasteiger partial charge in [0.15, 0.2) is 0 Å². The number of pyridine rings is 1. The molecule has 1 fully saturated rings. The molecule has 2 heterocycles. The molecule has 0 unspecified atom stereocenters. The van der Waals surface area contributed by atoms with Gasteiger partial charge < -0.3 is 10.2 Å². The molecule has 28 heavy (non-hydrogen) atoms. The minimum absolute atomic E-state index is 0.132. The van der Waals surface area contributed by atoms with E-state index in [2.05, 4.69) is 5.32 Å². The zero-order valence-electron chi connectivity index (χ0n) is 16.2. The molecule has 0 aliphatic carbocycles. The van der Waals surface area contributed by atoms with Crippen LogP contribution in [-0.2, 0) is 11.2 Å². The molecule has 1 N–H and O–H groups in total. The van der Waals surface area contributed by atoms with Crippen LogP contribution in [0, 0.1) is 6.92 Å². The molecule has 142 valence electrons. The second kappa shape index (κ2) is 7.43. The fourth-order valence-corrected chi connectivity index (χ4v) is 3.86. The van der Waals surface area contributed by atoms with Gasteiger partial charge in [-0.1, -0.05) is 31.2 Å². The van der Waals surface area contributed by atoms with Gasteiger partial charge in [-0.05, 0) is 49.6 Å². The van der Waals surface area contributed by atoms with E-state index in [0.717, 1.165) is 47.2 Å². The number of rotatable bonds is 4. The molecule has 4 rings (SSSR count). The predicted octanol–water partition coefficient (Wildman–Crippen LogP) is 4.48. The molecular weight excluding hydrogens is 350 g/mol. The van der Waals surface area contributed by atoms with Crippen LogP contribution in [0.1, 0.15) is 41.4 Å². The van der Waals surface area contributed by atoms with E-state index in [1.165, 1.54) is 0 Å². The first kappa shape index (κ1) is 18.2. The van der Waals surface area contributed by atoms with Gasteiger partial charge in [0.05, 0.1) is 11.1 Å². The highest BCUT2D eigenvalue weighted by atomic mass is 16.2. The predicted molar refractivity (Wildman–Crippen MR) is 112 cm³/mol. The zero-order valence-corrected chi connectivity index (χ0v) is 16.2. The first-order valence-electron chi connectivity index (χ1n) is 9.68. The summed E-state index contributed by atoms with van der Waals surface area (Å²) in [6, 6.07) is 15.2. The second-order valence-corrected chi connectivity index (χ2v) is 7.08. The van der Waals surface area contributed by atoms with Crippen molar-refractivity contribution in [2.45, 2.75) is 33.1 Å². The number of carbonyl (C=O) groups excluding carboxylic acids is 2. The normalized spacial score (nSPS) is 13.9. The Hall–Kier alpha value is -3.21. The molecule has 0 saturated carbocycles. The fourth-order valence-electron chi connectivity index (χ4n) is 3.86. The monoisotopic (exact) mass is 373 g/mol. The van der Waals surface area contributed by atoms with Crippen molar-refractivity contribution in [3.8, 4) is 0 Å². The maximum atomic E-state index is 13.2. The van der Waals surface area contributed by atoms with Crippen molar-refractivity contribution in [2.24, 2.45) is 0 Å². The number of carbonyl (C=O) groups is 2. The number of hydrogen-bond donors (Lipinski definition) is 1. The maximum absolute atomic E-state index is 13.2. The van der Waals surface area contributed by atoms with Gasteiger partial charge >= 0.3 is 0 Å². The van der Waals surface area contributed by atoms with E-state index in [4.69, 9.17) is 4.98 Å². The third kappa shape index (κ3) is 3.24. The quantitative estimate of drug-likeness (QED) is 0.733. The second-order valence-electron chi connectivity index (χ2n) is 7.08. The van der Waals surface area contributed by atoms with Crippen LogP contribution in [0.25, 0.3) is 10.9 Å². The molecule has 1 aliphatic heterocycles. The average molecular weight is 373 g/mol. The number of anilines is 2. The van der Waals surface area contributed by atoms with Crippen LogP contribution >= 0.6 is 0 Å². The molecule has 1 aromatic heterocycles. The lowest BCUT2D eigenvalue weighted by atomic mass is 9.99. The molecule has 0 spiro atoms. The minimum Gasteiger partial charge on any atom is -0.322 e. The van der Waals surface area contributed by atoms with Crippen LogP contribution in [-0.4, -0.2) is 23.3 Å². The van der Waals surface area contributed by atoms with Crippen molar-refractivity contribution in [3.05, 3.63) is 65.4 Å². The number of aromatic nitrogens is 1. The Morgan fingerprint density at radius 2 is 2.00 bits per heavy atom. The first-order valence-corrected chi connectivity index (χ1v) is 9.68. The third-order valence-electron chi connectivity index (χ3n) is 5.29. The molecule has 1 aliphatic rings. The maximum Gasteiger partial charge on any atom is 0.256 e. The van der Waals surface area contributed by atoms with E-state index in [9.17, 15) is 9.59 Å². The lowest BCUT2D eigenvalue weighted by Gasteiger charge is -2.17. The Balaban J connectivity index is 1.70. The van der Waals surface area contributed by atoms with Crippen LogP contribution in [0.3, 0.4) is 0 Å². The van der Waals surface area contributed by atoms with E-state index in [-0.39, 0.29) is 11.8 Å². The van der Waals surface area contributed by atoms with Gasteiger partial charge in [-0.15, -0.1) is 0 Å². The highest BCUT2D eigenvalue weighted by Crippen LogP contribution is 2.27. The molecule has 0 radical (unpaired) electrons. The van der Waals surface area contributed by atoms with Crippen molar-refractivity contribution in [3.63, 3.8) is 0 Å². The van der Waals surface area contributed by atoms with Crippen molar-refractivity contribution < 1.29 is 9.59 Å². The number of benzene rings is 2. The molecule has 1 saturated heterocycles. The van der Waals surface area contributed by atoms with E-state index >= 15 is 0 Å². The lowest BCUT2D eigenvalue weighted by Crippen LogP contribution is -2.23. The van der Waals surface area contributed by atoms with Crippen molar-refractivity contribution in [2.75, 3.05) is 16.8 Å². The largest absolute Gasteiger partial charge is 0.322 e. The number of nitrogens with one attached hydrogen (secondary N) is 1. The Morgan fingerprint density at radius 3 is 2.75 bits per heavy atom. The zero-order chi connectivity index (χ0) is 19.7. The van der Waals surface area contributed by atoms with Gasteiger partial charge in [-0.2, -0.15) is 0 Å². The fraction of sp³-hybridized carbons (Fsp3) is 0.261. The minimum atomic E-state index is -0.157. The topological polar surface area (TPSA) is 62.3 Å². The van der Waals surface area contributed by atoms with Gasteiger partial charge in [0.25, 0.3) is 5.91 Å². The number of para-hydroxylation sites is 1. The van der Waals surface area contributed by atoms with E-state index in [0.29, 0.717) is 17.7 Å². The van der Waals surface area contributed by atoms with Crippen LogP contribution < -0.4 is 10.2 Å². The summed E-state index contributed by atoms with van der Waals surface area (Å²) in [7, 11) is 0. The highest BCUT2D eigenvalue weighted by molar-refractivity contribution is 6.13. The molecule has 2 aromatic carbocycles. The highest BCUT2D eigenvalue weighted by Gasteiger charge is 2.22. The van der Waals surface area contributed by atoms with Gasteiger partial charge in [-0.25, -0.2) is 0 Å². The number of amides is 2. The van der Waals surface area contributed by atoms with E-state index in [1.807, 2.05) is 62.4 Å². The molecule has 0 atom stereocenters. The summed E-state index contributed by atoms with van der Waals surface area (Å²) in [5, 5.41) is 3.86. The molecule has 5 heteroatoms. The smallest absolute Gasteiger partial charge is 0.256 e. The van der Waals surface area contributed by atoms with Crippen molar-refractivity contribution in [1.82, 2.24) is 4.98 Å². The molecule has 5 nitrogen and oxygen atoms in total. The number of aryl methyl sites for hydroxylation is 1. The number of hydrogen-bond acceptors (Lipinski definition) is 3. The SMILES string of the molecule is CCc1nc2ccccc2c(C(=O)Nc2cccc(N3CCCC3=O)c2)c1C. The number of fused-ring (bicyclic) bond motifs is 1. The van der Waals surface area contributed by atoms with Crippen LogP contribution in [0.4, 0.5) is 11.4 Å². The Morgan fingerprint density at radius 1 is 1.18 bits per heavy atom. The number of nitrogens with zero attached hydrogens (tertiary/aromatic N) is 2. The summed E-state index contributed by atoms with van der Waals surface area (Å²) in [6.45, 7) is 4.72. The standard InChI is InChI=1S/C23H23N3O2/c1-3-19-15(2)22(18-10-4-5-11-20(18)25-19)23(28)24-16-8-6-9-17(14-16)26-13-7-12-21(26)27/h4-6,8-11,14H,3,7,12-13H2,1-2H3,(H,24,28). The lowest BCUT2D eigenvalue weighted by molar-refractivity contribution is -0.117. The molecule has 0 bridgehead atoms. The average Bonchev–Trinajstić information content (AvgIpc) is 3.13. The van der Waals surface area contributed by atoms with Gasteiger partial charge in [0.1, 0.15) is 0 Å². The molecule has 3 aromatic rings. The Kier molecular flexibility index (Phi) is 4.82. The summed E-state index contributed by atoms with van der Waals surface area (Å²) in [5.41, 5.74) is 4.83. The van der Waals surface area contributed by atoms with Crippen molar-refractivity contribution in [1.29, 1.82) is 0 Å². The van der Waals surface area contributed by atoms with Crippen LogP contribution in [0.2, 0.25) is 0 Å². The molecule has 2 amide bonds. The van der Waals surface area contributed by atoms with Gasteiger partial charge in [0.2, 0.25) is 5.91 Å².